The number of carbonyl (C=O) groups excluding carboxylic acids is 1. The Balaban J connectivity index is 1.56. The summed E-state index contributed by atoms with van der Waals surface area (Å²) in [7, 11) is 1.34. The van der Waals surface area contributed by atoms with E-state index in [9.17, 15) is 14.9 Å². The summed E-state index contributed by atoms with van der Waals surface area (Å²) in [6.07, 6.45) is 3.46. The summed E-state index contributed by atoms with van der Waals surface area (Å²) >= 11 is 0. The van der Waals surface area contributed by atoms with Crippen molar-refractivity contribution in [2.75, 3.05) is 13.7 Å². The smallest absolute Gasteiger partial charge is 0.337 e. The van der Waals surface area contributed by atoms with Crippen LogP contribution in [0, 0.1) is 10.1 Å². The maximum atomic E-state index is 11.6. The Kier molecular flexibility index (Phi) is 7.44. The van der Waals surface area contributed by atoms with E-state index < -0.39 is 10.9 Å². The lowest BCUT2D eigenvalue weighted by Gasteiger charge is -2.09. The number of aromatic nitrogens is 1. The third kappa shape index (κ3) is 6.07. The number of nitro benzene ring substituents is 1. The van der Waals surface area contributed by atoms with Crippen molar-refractivity contribution in [3.05, 3.63) is 106 Å². The summed E-state index contributed by atoms with van der Waals surface area (Å²) in [6, 6.07) is 23.8. The highest BCUT2D eigenvalue weighted by Gasteiger charge is 2.18. The maximum absolute atomic E-state index is 11.6. The number of rotatable bonds is 9. The van der Waals surface area contributed by atoms with Gasteiger partial charge in [0.2, 0.25) is 5.75 Å². The molecule has 35 heavy (non-hydrogen) atoms. The Morgan fingerprint density at radius 2 is 1.80 bits per heavy atom. The van der Waals surface area contributed by atoms with Crippen molar-refractivity contribution < 1.29 is 23.9 Å². The molecule has 0 atom stereocenters. The SMILES string of the molecule is COCC(=O)Oc1ccc(/C=C/c2ccc3cccc(OCc4ccccc4)c3n2)cc1[N+](=O)[O-]. The number of nitro groups is 1. The molecular formula is C27H22N2O6. The summed E-state index contributed by atoms with van der Waals surface area (Å²) in [6.45, 7) is 0.121. The third-order valence-corrected chi connectivity index (χ3v) is 5.05. The molecular weight excluding hydrogens is 448 g/mol. The number of pyridine rings is 1. The molecule has 0 saturated heterocycles. The van der Waals surface area contributed by atoms with E-state index in [1.54, 1.807) is 18.2 Å². The van der Waals surface area contributed by atoms with Crippen LogP contribution in [0.1, 0.15) is 16.8 Å². The fourth-order valence-corrected chi connectivity index (χ4v) is 3.40. The van der Waals surface area contributed by atoms with Crippen molar-refractivity contribution in [3.63, 3.8) is 0 Å². The summed E-state index contributed by atoms with van der Waals surface area (Å²) in [5.74, 6) is -0.192. The molecule has 0 aliphatic rings. The van der Waals surface area contributed by atoms with Gasteiger partial charge in [-0.25, -0.2) is 9.78 Å². The molecule has 0 spiro atoms. The van der Waals surface area contributed by atoms with Crippen molar-refractivity contribution in [2.24, 2.45) is 0 Å². The van der Waals surface area contributed by atoms with Crippen LogP contribution in [0.2, 0.25) is 0 Å². The zero-order valence-corrected chi connectivity index (χ0v) is 18.9. The van der Waals surface area contributed by atoms with E-state index in [4.69, 9.17) is 19.2 Å². The molecule has 0 bridgehead atoms. The van der Waals surface area contributed by atoms with Crippen LogP contribution >= 0.6 is 0 Å². The van der Waals surface area contributed by atoms with Gasteiger partial charge in [0, 0.05) is 18.6 Å². The minimum absolute atomic E-state index is 0.141. The molecule has 0 amide bonds. The van der Waals surface area contributed by atoms with Crippen molar-refractivity contribution in [1.82, 2.24) is 4.98 Å². The monoisotopic (exact) mass is 470 g/mol. The fourth-order valence-electron chi connectivity index (χ4n) is 3.40. The lowest BCUT2D eigenvalue weighted by molar-refractivity contribution is -0.385. The van der Waals surface area contributed by atoms with Crippen LogP contribution in [-0.2, 0) is 16.1 Å². The molecule has 0 saturated carbocycles. The quantitative estimate of drug-likeness (QED) is 0.139. The number of methoxy groups -OCH3 is 1. The molecule has 1 heterocycles. The molecule has 1 aromatic heterocycles. The second-order valence-electron chi connectivity index (χ2n) is 7.56. The molecule has 176 valence electrons. The first-order valence-electron chi connectivity index (χ1n) is 10.8. The third-order valence-electron chi connectivity index (χ3n) is 5.05. The predicted octanol–water partition coefficient (Wildman–Crippen LogP) is 5.44. The standard InChI is InChI=1S/C27H22N2O6/c1-33-18-26(30)35-24-15-11-19(16-23(24)29(31)32)10-13-22-14-12-21-8-5-9-25(27(21)28-22)34-17-20-6-3-2-4-7-20/h2-16H,17-18H2,1H3/b13-10+. The first-order chi connectivity index (χ1) is 17.0. The zero-order chi connectivity index (χ0) is 24.6. The Labute approximate surface area is 201 Å². The van der Waals surface area contributed by atoms with Crippen LogP contribution in [0.3, 0.4) is 0 Å². The van der Waals surface area contributed by atoms with Crippen molar-refractivity contribution >= 4 is 34.7 Å². The van der Waals surface area contributed by atoms with Crippen LogP contribution in [-0.4, -0.2) is 29.6 Å². The van der Waals surface area contributed by atoms with E-state index in [-0.39, 0.29) is 18.0 Å². The average molecular weight is 470 g/mol. The summed E-state index contributed by atoms with van der Waals surface area (Å²) in [5, 5.41) is 12.4. The summed E-state index contributed by atoms with van der Waals surface area (Å²) in [4.78, 5) is 27.2. The highest BCUT2D eigenvalue weighted by atomic mass is 16.6. The van der Waals surface area contributed by atoms with Gasteiger partial charge in [-0.05, 0) is 35.4 Å². The number of esters is 1. The molecule has 4 rings (SSSR count). The van der Waals surface area contributed by atoms with Crippen LogP contribution < -0.4 is 9.47 Å². The normalized spacial score (nSPS) is 11.0. The first-order valence-corrected chi connectivity index (χ1v) is 10.8. The number of benzene rings is 3. The molecule has 8 heteroatoms. The van der Waals surface area contributed by atoms with Gasteiger partial charge in [0.15, 0.2) is 0 Å². The number of hydrogen-bond acceptors (Lipinski definition) is 7. The van der Waals surface area contributed by atoms with Gasteiger partial charge in [-0.3, -0.25) is 10.1 Å². The molecule has 3 aromatic carbocycles. The van der Waals surface area contributed by atoms with Crippen LogP contribution in [0.25, 0.3) is 23.1 Å². The van der Waals surface area contributed by atoms with Gasteiger partial charge in [0.05, 0.1) is 10.6 Å². The van der Waals surface area contributed by atoms with Gasteiger partial charge >= 0.3 is 11.7 Å². The van der Waals surface area contributed by atoms with Gasteiger partial charge in [-0.1, -0.05) is 60.7 Å². The molecule has 0 unspecified atom stereocenters. The molecule has 0 aliphatic heterocycles. The van der Waals surface area contributed by atoms with Crippen LogP contribution in [0.5, 0.6) is 11.5 Å². The molecule has 0 aliphatic carbocycles. The first kappa shape index (κ1) is 23.6. The highest BCUT2D eigenvalue weighted by Crippen LogP contribution is 2.29. The van der Waals surface area contributed by atoms with Crippen LogP contribution in [0.15, 0.2) is 78.9 Å². The minimum Gasteiger partial charge on any atom is -0.487 e. The van der Waals surface area contributed by atoms with Gasteiger partial charge in [-0.2, -0.15) is 0 Å². The molecule has 8 nitrogen and oxygen atoms in total. The number of fused-ring (bicyclic) bond motifs is 1. The van der Waals surface area contributed by atoms with Gasteiger partial charge in [-0.15, -0.1) is 0 Å². The number of hydrogen-bond donors (Lipinski definition) is 0. The van der Waals surface area contributed by atoms with Gasteiger partial charge in [0.1, 0.15) is 24.5 Å². The Bertz CT molecular complexity index is 1390. The molecule has 0 radical (unpaired) electrons. The zero-order valence-electron chi connectivity index (χ0n) is 18.9. The van der Waals surface area contributed by atoms with E-state index in [1.807, 2.05) is 60.7 Å². The number of carbonyl (C=O) groups is 1. The number of ether oxygens (including phenoxy) is 3. The van der Waals surface area contributed by atoms with Crippen molar-refractivity contribution in [1.29, 1.82) is 0 Å². The molecule has 0 N–H and O–H groups in total. The van der Waals surface area contributed by atoms with Crippen molar-refractivity contribution in [2.45, 2.75) is 6.61 Å². The van der Waals surface area contributed by atoms with E-state index >= 15 is 0 Å². The Morgan fingerprint density at radius 1 is 0.971 bits per heavy atom. The summed E-state index contributed by atoms with van der Waals surface area (Å²) < 4.78 is 15.7. The molecule has 4 aromatic rings. The Morgan fingerprint density at radius 3 is 2.57 bits per heavy atom. The van der Waals surface area contributed by atoms with Gasteiger partial charge in [0.25, 0.3) is 0 Å². The minimum atomic E-state index is -0.718. The highest BCUT2D eigenvalue weighted by molar-refractivity contribution is 5.86. The van der Waals surface area contributed by atoms with E-state index in [0.717, 1.165) is 16.5 Å². The summed E-state index contributed by atoms with van der Waals surface area (Å²) in [5.41, 5.74) is 2.67. The lowest BCUT2D eigenvalue weighted by Crippen LogP contribution is -2.14. The van der Waals surface area contributed by atoms with E-state index in [2.05, 4.69) is 0 Å². The average Bonchev–Trinajstić information content (AvgIpc) is 2.87. The maximum Gasteiger partial charge on any atom is 0.337 e. The Hall–Kier alpha value is -4.56. The van der Waals surface area contributed by atoms with Gasteiger partial charge < -0.3 is 14.2 Å². The van der Waals surface area contributed by atoms with Crippen molar-refractivity contribution in [3.8, 4) is 11.5 Å². The van der Waals surface area contributed by atoms with E-state index in [0.29, 0.717) is 23.6 Å². The largest absolute Gasteiger partial charge is 0.487 e. The number of nitrogens with zero attached hydrogens (tertiary/aromatic N) is 2. The number of para-hydroxylation sites is 1. The fraction of sp³-hybridized carbons (Fsp3) is 0.111. The topological polar surface area (TPSA) is 101 Å². The van der Waals surface area contributed by atoms with E-state index in [1.165, 1.54) is 19.2 Å². The second-order valence-corrected chi connectivity index (χ2v) is 7.56. The second kappa shape index (κ2) is 11.0. The predicted molar refractivity (Wildman–Crippen MR) is 132 cm³/mol. The molecule has 0 fully saturated rings. The van der Waals surface area contributed by atoms with Crippen LogP contribution in [0.4, 0.5) is 5.69 Å². The lowest BCUT2D eigenvalue weighted by atomic mass is 10.1.